The van der Waals surface area contributed by atoms with Crippen LogP contribution in [0.2, 0.25) is 0 Å². The molecular formula is C25H34N4O2. The Bertz CT molecular complexity index is 1020. The third-order valence-corrected chi connectivity index (χ3v) is 5.90. The van der Waals surface area contributed by atoms with E-state index in [1.807, 2.05) is 54.5 Å². The minimum atomic E-state index is -0.308. The van der Waals surface area contributed by atoms with Crippen LogP contribution in [0, 0.1) is 12.3 Å². The molecule has 1 aromatic carbocycles. The van der Waals surface area contributed by atoms with E-state index in [9.17, 15) is 9.90 Å². The molecule has 0 amide bonds. The molecule has 0 saturated carbocycles. The Morgan fingerprint density at radius 3 is 2.16 bits per heavy atom. The first-order chi connectivity index (χ1) is 14.2. The van der Waals surface area contributed by atoms with E-state index in [0.717, 1.165) is 27.9 Å². The minimum Gasteiger partial charge on any atom is -0.507 e. The number of Topliss-reactive ketones (excluding diaryl/α,β-unsaturated/α-hetero) is 1. The van der Waals surface area contributed by atoms with Gasteiger partial charge in [0.25, 0.3) is 0 Å². The van der Waals surface area contributed by atoms with Gasteiger partial charge in [0.05, 0.1) is 6.54 Å². The number of phenolic OH excluding ortho intramolecular Hbond substituents is 1. The number of carbonyl (C=O) groups excluding carboxylic acids is 1. The van der Waals surface area contributed by atoms with Crippen LogP contribution in [0.1, 0.15) is 85.5 Å². The highest BCUT2D eigenvalue weighted by atomic mass is 16.3. The van der Waals surface area contributed by atoms with Gasteiger partial charge in [-0.25, -0.2) is 4.98 Å². The fraction of sp³-hybridized carbons (Fsp3) is 0.480. The molecular weight excluding hydrogens is 388 g/mol. The summed E-state index contributed by atoms with van der Waals surface area (Å²) in [5.41, 5.74) is 10.6. The highest BCUT2D eigenvalue weighted by Gasteiger charge is 2.31. The Kier molecular flexibility index (Phi) is 5.74. The van der Waals surface area contributed by atoms with Crippen LogP contribution in [-0.2, 0) is 23.9 Å². The van der Waals surface area contributed by atoms with Gasteiger partial charge in [-0.3, -0.25) is 10.2 Å². The molecule has 0 atom stereocenters. The number of aromatic nitrogens is 1. The second kappa shape index (κ2) is 7.75. The van der Waals surface area contributed by atoms with E-state index in [-0.39, 0.29) is 34.7 Å². The maximum atomic E-state index is 13.3. The SMILES string of the molecule is Cc1nc2c(cc1CN)CN(CC(=O)c1cc(C(C)(C)C)c(O)c(C(C)(C)C)c1)C2=N. The van der Waals surface area contributed by atoms with Crippen LogP contribution in [-0.4, -0.2) is 33.2 Å². The first kappa shape index (κ1) is 22.9. The van der Waals surface area contributed by atoms with Crippen molar-refractivity contribution < 1.29 is 9.90 Å². The number of carbonyl (C=O) groups is 1. The molecule has 0 spiro atoms. The number of nitrogens with one attached hydrogen (secondary N) is 1. The number of ketones is 1. The van der Waals surface area contributed by atoms with Crippen molar-refractivity contribution in [1.29, 1.82) is 5.41 Å². The van der Waals surface area contributed by atoms with E-state index in [2.05, 4.69) is 4.98 Å². The number of fused-ring (bicyclic) bond motifs is 1. The number of nitrogens with zero attached hydrogens (tertiary/aromatic N) is 2. The topological polar surface area (TPSA) is 103 Å². The third kappa shape index (κ3) is 4.35. The van der Waals surface area contributed by atoms with Gasteiger partial charge in [0.15, 0.2) is 5.78 Å². The maximum Gasteiger partial charge on any atom is 0.182 e. The summed E-state index contributed by atoms with van der Waals surface area (Å²) in [7, 11) is 0. The monoisotopic (exact) mass is 422 g/mol. The van der Waals surface area contributed by atoms with E-state index >= 15 is 0 Å². The van der Waals surface area contributed by atoms with Crippen LogP contribution < -0.4 is 5.73 Å². The van der Waals surface area contributed by atoms with Gasteiger partial charge in [-0.1, -0.05) is 41.5 Å². The van der Waals surface area contributed by atoms with Gasteiger partial charge in [0, 0.05) is 41.0 Å². The predicted molar refractivity (Wildman–Crippen MR) is 124 cm³/mol. The lowest BCUT2D eigenvalue weighted by Gasteiger charge is -2.28. The molecule has 0 saturated heterocycles. The Morgan fingerprint density at radius 1 is 1.13 bits per heavy atom. The van der Waals surface area contributed by atoms with Crippen LogP contribution in [0.25, 0.3) is 0 Å². The largest absolute Gasteiger partial charge is 0.507 e. The molecule has 0 radical (unpaired) electrons. The van der Waals surface area contributed by atoms with Gasteiger partial charge in [-0.2, -0.15) is 0 Å². The van der Waals surface area contributed by atoms with E-state index in [4.69, 9.17) is 11.1 Å². The predicted octanol–water partition coefficient (Wildman–Crippen LogP) is 4.17. The Balaban J connectivity index is 1.94. The molecule has 2 heterocycles. The molecule has 0 fully saturated rings. The fourth-order valence-corrected chi connectivity index (χ4v) is 4.00. The Labute approximate surface area is 185 Å². The van der Waals surface area contributed by atoms with E-state index in [0.29, 0.717) is 24.3 Å². The number of hydrogen-bond acceptors (Lipinski definition) is 5. The summed E-state index contributed by atoms with van der Waals surface area (Å²) in [4.78, 5) is 19.6. The summed E-state index contributed by atoms with van der Waals surface area (Å²) in [6.45, 7) is 15.0. The molecule has 0 aliphatic carbocycles. The zero-order valence-electron chi connectivity index (χ0n) is 19.7. The van der Waals surface area contributed by atoms with E-state index < -0.39 is 0 Å². The van der Waals surface area contributed by atoms with Crippen LogP contribution in [0.4, 0.5) is 0 Å². The first-order valence-corrected chi connectivity index (χ1v) is 10.7. The quantitative estimate of drug-likeness (QED) is 0.642. The van der Waals surface area contributed by atoms with Gasteiger partial charge < -0.3 is 15.7 Å². The van der Waals surface area contributed by atoms with Crippen LogP contribution in [0.15, 0.2) is 18.2 Å². The highest BCUT2D eigenvalue weighted by molar-refractivity contribution is 6.04. The van der Waals surface area contributed by atoms with Crippen molar-refractivity contribution in [2.75, 3.05) is 6.54 Å². The van der Waals surface area contributed by atoms with Gasteiger partial charge in [0.2, 0.25) is 0 Å². The second-order valence-corrected chi connectivity index (χ2v) is 10.5. The zero-order chi connectivity index (χ0) is 23.3. The number of benzene rings is 1. The average molecular weight is 423 g/mol. The molecule has 166 valence electrons. The van der Waals surface area contributed by atoms with Crippen molar-refractivity contribution in [3.05, 3.63) is 57.4 Å². The standard InChI is InChI=1S/C25H34N4O2/c1-14-16(11-26)8-17-12-29(23(27)21(17)28-14)13-20(30)15-9-18(24(2,3)4)22(31)19(10-15)25(5,6)7/h8-10,27,31H,11-13,26H2,1-7H3. The number of hydrogen-bond donors (Lipinski definition) is 3. The number of amidine groups is 1. The third-order valence-electron chi connectivity index (χ3n) is 5.90. The summed E-state index contributed by atoms with van der Waals surface area (Å²) in [5, 5.41) is 19.4. The van der Waals surface area contributed by atoms with Gasteiger partial charge >= 0.3 is 0 Å². The average Bonchev–Trinajstić information content (AvgIpc) is 2.94. The lowest BCUT2D eigenvalue weighted by atomic mass is 9.78. The lowest BCUT2D eigenvalue weighted by Crippen LogP contribution is -2.31. The lowest BCUT2D eigenvalue weighted by molar-refractivity contribution is 0.0962. The van der Waals surface area contributed by atoms with E-state index in [1.54, 1.807) is 17.0 Å². The van der Waals surface area contributed by atoms with Gasteiger partial charge in [-0.05, 0) is 41.5 Å². The zero-order valence-corrected chi connectivity index (χ0v) is 19.7. The Hall–Kier alpha value is -2.73. The fourth-order valence-electron chi connectivity index (χ4n) is 4.00. The molecule has 0 unspecified atom stereocenters. The van der Waals surface area contributed by atoms with E-state index in [1.165, 1.54) is 0 Å². The van der Waals surface area contributed by atoms with Crippen molar-refractivity contribution in [2.24, 2.45) is 5.73 Å². The van der Waals surface area contributed by atoms with Crippen LogP contribution in [0.5, 0.6) is 5.75 Å². The van der Waals surface area contributed by atoms with Crippen molar-refractivity contribution in [3.63, 3.8) is 0 Å². The number of nitrogens with two attached hydrogens (primary N) is 1. The number of rotatable bonds is 4. The molecule has 1 aliphatic rings. The number of aryl methyl sites for hydroxylation is 1. The van der Waals surface area contributed by atoms with Crippen molar-refractivity contribution >= 4 is 11.6 Å². The van der Waals surface area contributed by atoms with Crippen LogP contribution in [0.3, 0.4) is 0 Å². The maximum absolute atomic E-state index is 13.3. The van der Waals surface area contributed by atoms with Crippen molar-refractivity contribution in [3.8, 4) is 5.75 Å². The Morgan fingerprint density at radius 2 is 1.68 bits per heavy atom. The normalized spacial score (nSPS) is 14.2. The summed E-state index contributed by atoms with van der Waals surface area (Å²) >= 11 is 0. The summed E-state index contributed by atoms with van der Waals surface area (Å²) in [6, 6.07) is 5.59. The van der Waals surface area contributed by atoms with Gasteiger partial charge in [-0.15, -0.1) is 0 Å². The molecule has 0 bridgehead atoms. The minimum absolute atomic E-state index is 0.0793. The number of pyridine rings is 1. The molecule has 31 heavy (non-hydrogen) atoms. The van der Waals surface area contributed by atoms with Crippen molar-refractivity contribution in [2.45, 2.75) is 72.4 Å². The highest BCUT2D eigenvalue weighted by Crippen LogP contribution is 2.40. The molecule has 6 heteroatoms. The number of phenols is 1. The molecule has 4 N–H and O–H groups in total. The summed E-state index contributed by atoms with van der Waals surface area (Å²) in [5.74, 6) is 0.442. The molecule has 1 aromatic heterocycles. The molecule has 3 rings (SSSR count). The number of aromatic hydroxyl groups is 1. The van der Waals surface area contributed by atoms with Crippen molar-refractivity contribution in [1.82, 2.24) is 9.88 Å². The summed E-state index contributed by atoms with van der Waals surface area (Å²) < 4.78 is 0. The smallest absolute Gasteiger partial charge is 0.182 e. The summed E-state index contributed by atoms with van der Waals surface area (Å²) in [6.07, 6.45) is 0. The molecule has 2 aromatic rings. The van der Waals surface area contributed by atoms with Gasteiger partial charge in [0.1, 0.15) is 17.3 Å². The molecule has 6 nitrogen and oxygen atoms in total. The molecule has 1 aliphatic heterocycles. The first-order valence-electron chi connectivity index (χ1n) is 10.7. The van der Waals surface area contributed by atoms with Crippen LogP contribution >= 0.6 is 0 Å². The second-order valence-electron chi connectivity index (χ2n) is 10.5.